The predicted molar refractivity (Wildman–Crippen MR) is 70.9 cm³/mol. The second kappa shape index (κ2) is 5.78. The van der Waals surface area contributed by atoms with Crippen LogP contribution in [0.2, 0.25) is 0 Å². The van der Waals surface area contributed by atoms with Crippen molar-refractivity contribution < 1.29 is 0 Å². The molecule has 4 heteroatoms. The molecule has 0 amide bonds. The first kappa shape index (κ1) is 12.1. The molecule has 0 fully saturated rings. The summed E-state index contributed by atoms with van der Waals surface area (Å²) in [6, 6.07) is 14.0. The molecule has 2 rings (SSSR count). The molecule has 0 atom stereocenters. The highest BCUT2D eigenvalue weighted by atomic mass is 15.2. The van der Waals surface area contributed by atoms with Crippen LogP contribution in [0.25, 0.3) is 11.3 Å². The molecule has 0 saturated heterocycles. The zero-order valence-electron chi connectivity index (χ0n) is 10.2. The molecule has 0 aliphatic rings. The largest absolute Gasteiger partial charge is 0.368 e. The highest BCUT2D eigenvalue weighted by molar-refractivity contribution is 5.59. The Balaban J connectivity index is 2.08. The van der Waals surface area contributed by atoms with E-state index in [-0.39, 0.29) is 0 Å². The molecular formula is C14H14N4. The molecule has 0 aliphatic carbocycles. The van der Waals surface area contributed by atoms with Gasteiger partial charge in [0, 0.05) is 12.1 Å². The Bertz CT molecular complexity index is 538. The van der Waals surface area contributed by atoms with Crippen LogP contribution in [0.15, 0.2) is 36.4 Å². The first-order valence-electron chi connectivity index (χ1n) is 5.81. The molecule has 0 unspecified atom stereocenters. The van der Waals surface area contributed by atoms with Crippen molar-refractivity contribution in [3.8, 4) is 17.3 Å². The van der Waals surface area contributed by atoms with Gasteiger partial charge in [0.1, 0.15) is 5.82 Å². The minimum atomic E-state index is 0.460. The Morgan fingerprint density at radius 1 is 1.11 bits per heavy atom. The van der Waals surface area contributed by atoms with E-state index >= 15 is 0 Å². The molecule has 4 nitrogen and oxygen atoms in total. The normalized spacial score (nSPS) is 9.78. The zero-order chi connectivity index (χ0) is 12.8. The monoisotopic (exact) mass is 238 g/mol. The molecule has 18 heavy (non-hydrogen) atoms. The Hall–Kier alpha value is -2.41. The van der Waals surface area contributed by atoms with E-state index in [2.05, 4.69) is 40.6 Å². The van der Waals surface area contributed by atoms with Crippen LogP contribution in [0.3, 0.4) is 0 Å². The van der Waals surface area contributed by atoms with Gasteiger partial charge >= 0.3 is 0 Å². The summed E-state index contributed by atoms with van der Waals surface area (Å²) in [5.74, 6) is 0.695. The molecule has 0 spiro atoms. The number of aromatic nitrogens is 2. The second-order valence-electron chi connectivity index (χ2n) is 4.00. The lowest BCUT2D eigenvalue weighted by Gasteiger charge is -2.04. The van der Waals surface area contributed by atoms with Crippen LogP contribution >= 0.6 is 0 Å². The van der Waals surface area contributed by atoms with Crippen LogP contribution in [-0.4, -0.2) is 16.7 Å². The number of rotatable bonds is 4. The number of nitriles is 1. The van der Waals surface area contributed by atoms with E-state index in [9.17, 15) is 0 Å². The molecular weight excluding hydrogens is 224 g/mol. The first-order valence-corrected chi connectivity index (χ1v) is 5.81. The number of benzene rings is 1. The van der Waals surface area contributed by atoms with E-state index in [1.807, 2.05) is 24.3 Å². The average Bonchev–Trinajstić information content (AvgIpc) is 2.41. The minimum absolute atomic E-state index is 0.460. The van der Waals surface area contributed by atoms with Gasteiger partial charge in [0.15, 0.2) is 0 Å². The van der Waals surface area contributed by atoms with Gasteiger partial charge in [0.2, 0.25) is 0 Å². The fraction of sp³-hybridized carbons (Fsp3) is 0.214. The number of nitrogens with zero attached hydrogens (tertiary/aromatic N) is 3. The van der Waals surface area contributed by atoms with Gasteiger partial charge in [-0.3, -0.25) is 0 Å². The van der Waals surface area contributed by atoms with Crippen molar-refractivity contribution in [3.05, 3.63) is 42.0 Å². The lowest BCUT2D eigenvalue weighted by molar-refractivity contribution is 0.992. The van der Waals surface area contributed by atoms with E-state index in [1.165, 1.54) is 5.56 Å². The van der Waals surface area contributed by atoms with Crippen LogP contribution in [-0.2, 0) is 0 Å². The number of nitrogens with one attached hydrogen (secondary N) is 1. The Kier molecular flexibility index (Phi) is 3.87. The van der Waals surface area contributed by atoms with E-state index < -0.39 is 0 Å². The van der Waals surface area contributed by atoms with Gasteiger partial charge in [-0.15, -0.1) is 10.2 Å². The van der Waals surface area contributed by atoms with Gasteiger partial charge in [0.25, 0.3) is 0 Å². The Morgan fingerprint density at radius 3 is 2.50 bits per heavy atom. The third-order valence-electron chi connectivity index (χ3n) is 2.55. The van der Waals surface area contributed by atoms with Crippen LogP contribution in [0.4, 0.5) is 5.82 Å². The Morgan fingerprint density at radius 2 is 1.89 bits per heavy atom. The van der Waals surface area contributed by atoms with Gasteiger partial charge in [0.05, 0.1) is 18.2 Å². The molecule has 90 valence electrons. The SMILES string of the molecule is Cc1ccc(-c2ccc(NCCC#N)nn2)cc1. The summed E-state index contributed by atoms with van der Waals surface area (Å²) in [5.41, 5.74) is 3.12. The number of anilines is 1. The molecule has 0 radical (unpaired) electrons. The van der Waals surface area contributed by atoms with Crippen LogP contribution in [0.1, 0.15) is 12.0 Å². The fourth-order valence-electron chi connectivity index (χ4n) is 1.55. The third kappa shape index (κ3) is 3.05. The smallest absolute Gasteiger partial charge is 0.148 e. The second-order valence-corrected chi connectivity index (χ2v) is 4.00. The standard InChI is InChI=1S/C14H14N4/c1-11-3-5-12(6-4-11)13-7-8-14(18-17-13)16-10-2-9-15/h3-8H,2,10H2,1H3,(H,16,18). The molecule has 0 saturated carbocycles. The van der Waals surface area contributed by atoms with Crippen molar-refractivity contribution in [2.45, 2.75) is 13.3 Å². The van der Waals surface area contributed by atoms with Gasteiger partial charge < -0.3 is 5.32 Å². The molecule has 1 N–H and O–H groups in total. The fourth-order valence-corrected chi connectivity index (χ4v) is 1.55. The lowest BCUT2D eigenvalue weighted by atomic mass is 10.1. The quantitative estimate of drug-likeness (QED) is 0.832. The minimum Gasteiger partial charge on any atom is -0.368 e. The van der Waals surface area contributed by atoms with Crippen molar-refractivity contribution in [2.24, 2.45) is 0 Å². The van der Waals surface area contributed by atoms with Crippen LogP contribution in [0.5, 0.6) is 0 Å². The summed E-state index contributed by atoms with van der Waals surface area (Å²) >= 11 is 0. The van der Waals surface area contributed by atoms with Gasteiger partial charge in [-0.1, -0.05) is 29.8 Å². The highest BCUT2D eigenvalue weighted by Gasteiger charge is 2.00. The lowest BCUT2D eigenvalue weighted by Crippen LogP contribution is -2.03. The molecule has 0 bridgehead atoms. The van der Waals surface area contributed by atoms with Crippen molar-refractivity contribution in [3.63, 3.8) is 0 Å². The van der Waals surface area contributed by atoms with Crippen molar-refractivity contribution in [2.75, 3.05) is 11.9 Å². The highest BCUT2D eigenvalue weighted by Crippen LogP contribution is 2.17. The van der Waals surface area contributed by atoms with Crippen LogP contribution in [0, 0.1) is 18.3 Å². The number of aryl methyl sites for hydroxylation is 1. The summed E-state index contributed by atoms with van der Waals surface area (Å²) < 4.78 is 0. The average molecular weight is 238 g/mol. The summed E-state index contributed by atoms with van der Waals surface area (Å²) in [7, 11) is 0. The predicted octanol–water partition coefficient (Wildman–Crippen LogP) is 2.78. The van der Waals surface area contributed by atoms with E-state index in [0.717, 1.165) is 11.3 Å². The molecule has 1 aromatic heterocycles. The van der Waals surface area contributed by atoms with Crippen molar-refractivity contribution >= 4 is 5.82 Å². The van der Waals surface area contributed by atoms with E-state index in [4.69, 9.17) is 5.26 Å². The Labute approximate surface area is 106 Å². The summed E-state index contributed by atoms with van der Waals surface area (Å²) in [4.78, 5) is 0. The maximum atomic E-state index is 8.43. The van der Waals surface area contributed by atoms with Crippen molar-refractivity contribution in [1.82, 2.24) is 10.2 Å². The maximum absolute atomic E-state index is 8.43. The van der Waals surface area contributed by atoms with Crippen molar-refractivity contribution in [1.29, 1.82) is 5.26 Å². The topological polar surface area (TPSA) is 61.6 Å². The van der Waals surface area contributed by atoms with Gasteiger partial charge in [-0.25, -0.2) is 0 Å². The van der Waals surface area contributed by atoms with E-state index in [1.54, 1.807) is 0 Å². The maximum Gasteiger partial charge on any atom is 0.148 e. The third-order valence-corrected chi connectivity index (χ3v) is 2.55. The van der Waals surface area contributed by atoms with Gasteiger partial charge in [-0.05, 0) is 19.1 Å². The molecule has 0 aliphatic heterocycles. The molecule has 1 aromatic carbocycles. The molecule has 2 aromatic rings. The summed E-state index contributed by atoms with van der Waals surface area (Å²) in [6.07, 6.45) is 0.460. The zero-order valence-corrected chi connectivity index (χ0v) is 10.2. The van der Waals surface area contributed by atoms with Crippen LogP contribution < -0.4 is 5.32 Å². The summed E-state index contributed by atoms with van der Waals surface area (Å²) in [6.45, 7) is 2.65. The van der Waals surface area contributed by atoms with Gasteiger partial charge in [-0.2, -0.15) is 5.26 Å². The first-order chi connectivity index (χ1) is 8.79. The number of hydrogen-bond donors (Lipinski definition) is 1. The molecule has 1 heterocycles. The van der Waals surface area contributed by atoms with E-state index in [0.29, 0.717) is 18.8 Å². The number of hydrogen-bond acceptors (Lipinski definition) is 4. The summed E-state index contributed by atoms with van der Waals surface area (Å²) in [5, 5.41) is 19.7.